The minimum atomic E-state index is -4.74. The summed E-state index contributed by atoms with van der Waals surface area (Å²) < 4.78 is 42.5. The van der Waals surface area contributed by atoms with E-state index < -0.39 is 6.36 Å². The van der Waals surface area contributed by atoms with E-state index in [9.17, 15) is 13.2 Å². The average Bonchev–Trinajstić information content (AvgIpc) is 3.40. The van der Waals surface area contributed by atoms with Crippen LogP contribution in [0.2, 0.25) is 10.0 Å². The van der Waals surface area contributed by atoms with E-state index >= 15 is 0 Å². The molecule has 0 unspecified atom stereocenters. The van der Waals surface area contributed by atoms with E-state index in [-0.39, 0.29) is 5.75 Å². The molecule has 0 atom stereocenters. The molecule has 2 heterocycles. The second kappa shape index (κ2) is 11.7. The Balaban J connectivity index is 1.27. The maximum atomic E-state index is 12.4. The van der Waals surface area contributed by atoms with Crippen molar-refractivity contribution in [3.63, 3.8) is 0 Å². The molecular formula is C26H19Cl2F3N6OS. The van der Waals surface area contributed by atoms with E-state index in [1.165, 1.54) is 35.3 Å². The molecule has 5 rings (SSSR count). The van der Waals surface area contributed by atoms with Crippen molar-refractivity contribution in [2.45, 2.75) is 12.8 Å². The number of ether oxygens (including phenoxy) is 1. The summed E-state index contributed by atoms with van der Waals surface area (Å²) in [6.45, 7) is 0.741. The van der Waals surface area contributed by atoms with Gasteiger partial charge in [-0.1, -0.05) is 65.3 Å². The quantitative estimate of drug-likeness (QED) is 0.172. The van der Waals surface area contributed by atoms with Gasteiger partial charge in [0.05, 0.1) is 27.6 Å². The Morgan fingerprint density at radius 2 is 1.69 bits per heavy atom. The molecule has 0 N–H and O–H groups in total. The molecule has 13 heteroatoms. The predicted molar refractivity (Wildman–Crippen MR) is 149 cm³/mol. The molecule has 7 nitrogen and oxygen atoms in total. The molecule has 1 aliphatic heterocycles. The molecule has 0 radical (unpaired) electrons. The number of hydrogen-bond acceptors (Lipinski definition) is 6. The normalized spacial score (nSPS) is 15.3. The van der Waals surface area contributed by atoms with Crippen LogP contribution in [0.15, 0.2) is 83.3 Å². The van der Waals surface area contributed by atoms with Crippen LogP contribution in [0.3, 0.4) is 0 Å². The number of aromatic nitrogens is 3. The van der Waals surface area contributed by atoms with Crippen LogP contribution in [0, 0.1) is 0 Å². The lowest BCUT2D eigenvalue weighted by atomic mass is 10.1. The summed E-state index contributed by atoms with van der Waals surface area (Å²) >= 11 is 14.4. The molecule has 39 heavy (non-hydrogen) atoms. The molecule has 0 amide bonds. The molecule has 1 aliphatic rings. The number of anilines is 1. The van der Waals surface area contributed by atoms with Crippen molar-refractivity contribution in [3.8, 4) is 22.8 Å². The third-order valence-electron chi connectivity index (χ3n) is 5.54. The van der Waals surface area contributed by atoms with E-state index in [1.54, 1.807) is 36.2 Å². The third-order valence-corrected chi connectivity index (χ3v) is 7.20. The third kappa shape index (κ3) is 6.73. The summed E-state index contributed by atoms with van der Waals surface area (Å²) in [4.78, 5) is 6.29. The monoisotopic (exact) mass is 590 g/mol. The van der Waals surface area contributed by atoms with Gasteiger partial charge in [-0.2, -0.15) is 5.10 Å². The summed E-state index contributed by atoms with van der Waals surface area (Å²) in [6.07, 6.45) is -0.641. The summed E-state index contributed by atoms with van der Waals surface area (Å²) in [7, 11) is 0. The minimum absolute atomic E-state index is 0.309. The lowest BCUT2D eigenvalue weighted by Crippen LogP contribution is -2.34. The zero-order valence-electron chi connectivity index (χ0n) is 20.0. The van der Waals surface area contributed by atoms with Crippen LogP contribution in [0.25, 0.3) is 17.1 Å². The fourth-order valence-electron chi connectivity index (χ4n) is 3.78. The van der Waals surface area contributed by atoms with Gasteiger partial charge in [-0.05, 0) is 48.4 Å². The van der Waals surface area contributed by atoms with E-state index in [0.717, 1.165) is 40.7 Å². The van der Waals surface area contributed by atoms with Gasteiger partial charge in [0, 0.05) is 17.9 Å². The van der Waals surface area contributed by atoms with Crippen LogP contribution < -0.4 is 9.64 Å². The lowest BCUT2D eigenvalue weighted by molar-refractivity contribution is -0.274. The standard InChI is InChI=1S/C26H19Cl2F3N6OS/c27-21-3-1-4-22(28)23(21)36-13-2-14-39-25(36)34-33-15-17-5-7-18(8-6-17)24-32-16-37(35-24)19-9-11-20(12-10-19)38-26(29,30)31/h1,3-12,15-16H,2,13-14H2. The van der Waals surface area contributed by atoms with Gasteiger partial charge >= 0.3 is 6.36 Å². The highest BCUT2D eigenvalue weighted by molar-refractivity contribution is 8.14. The molecule has 4 aromatic rings. The highest BCUT2D eigenvalue weighted by atomic mass is 35.5. The largest absolute Gasteiger partial charge is 0.573 e. The maximum Gasteiger partial charge on any atom is 0.573 e. The van der Waals surface area contributed by atoms with Crippen molar-refractivity contribution >= 4 is 52.0 Å². The maximum absolute atomic E-state index is 12.4. The fraction of sp³-hybridized carbons (Fsp3) is 0.154. The van der Waals surface area contributed by atoms with E-state index in [4.69, 9.17) is 23.2 Å². The summed E-state index contributed by atoms with van der Waals surface area (Å²) in [5.41, 5.74) is 2.85. The molecule has 0 aliphatic carbocycles. The molecule has 1 fully saturated rings. The number of nitrogens with zero attached hydrogens (tertiary/aromatic N) is 6. The molecule has 0 spiro atoms. The number of benzene rings is 3. The average molecular weight is 591 g/mol. The van der Waals surface area contributed by atoms with E-state index in [1.807, 2.05) is 29.2 Å². The number of halogens is 5. The Bertz CT molecular complexity index is 1490. The number of hydrogen-bond donors (Lipinski definition) is 0. The van der Waals surface area contributed by atoms with E-state index in [0.29, 0.717) is 21.6 Å². The number of thioether (sulfide) groups is 1. The van der Waals surface area contributed by atoms with Gasteiger partial charge in [0.1, 0.15) is 12.1 Å². The zero-order valence-corrected chi connectivity index (χ0v) is 22.3. The first kappa shape index (κ1) is 27.0. The Kier molecular flexibility index (Phi) is 8.10. The first-order valence-electron chi connectivity index (χ1n) is 11.6. The van der Waals surface area contributed by atoms with Crippen LogP contribution >= 0.6 is 35.0 Å². The predicted octanol–water partition coefficient (Wildman–Crippen LogP) is 7.47. The highest BCUT2D eigenvalue weighted by Gasteiger charge is 2.31. The smallest absolute Gasteiger partial charge is 0.406 e. The molecule has 1 saturated heterocycles. The second-order valence-electron chi connectivity index (χ2n) is 8.23. The number of rotatable bonds is 6. The van der Waals surface area contributed by atoms with Crippen LogP contribution in [0.1, 0.15) is 12.0 Å². The Morgan fingerprint density at radius 1 is 0.974 bits per heavy atom. The molecular weight excluding hydrogens is 572 g/mol. The van der Waals surface area contributed by atoms with Crippen LogP contribution in [0.5, 0.6) is 5.75 Å². The van der Waals surface area contributed by atoms with Crippen LogP contribution in [-0.4, -0.2) is 44.8 Å². The van der Waals surface area contributed by atoms with Gasteiger partial charge in [0.2, 0.25) is 0 Å². The molecule has 0 saturated carbocycles. The van der Waals surface area contributed by atoms with Crippen LogP contribution in [0.4, 0.5) is 18.9 Å². The highest BCUT2D eigenvalue weighted by Crippen LogP contribution is 2.37. The van der Waals surface area contributed by atoms with Gasteiger partial charge in [-0.3, -0.25) is 0 Å². The van der Waals surface area contributed by atoms with Gasteiger partial charge in [-0.15, -0.1) is 23.4 Å². The van der Waals surface area contributed by atoms with Gasteiger partial charge in [-0.25, -0.2) is 9.67 Å². The summed E-state index contributed by atoms with van der Waals surface area (Å²) in [6, 6.07) is 18.2. The zero-order chi connectivity index (χ0) is 27.4. The number of alkyl halides is 3. The number of amidine groups is 1. The van der Waals surface area contributed by atoms with Crippen molar-refractivity contribution in [3.05, 3.63) is 88.7 Å². The Hall–Kier alpha value is -3.54. The Labute approximate surface area is 235 Å². The number of para-hydroxylation sites is 1. The summed E-state index contributed by atoms with van der Waals surface area (Å²) in [5, 5.41) is 14.9. The minimum Gasteiger partial charge on any atom is -0.406 e. The van der Waals surface area contributed by atoms with Gasteiger partial charge in [0.15, 0.2) is 11.0 Å². The van der Waals surface area contributed by atoms with Crippen molar-refractivity contribution in [1.82, 2.24) is 14.8 Å². The first-order chi connectivity index (χ1) is 18.8. The molecule has 1 aromatic heterocycles. The van der Waals surface area contributed by atoms with Gasteiger partial charge in [0.25, 0.3) is 0 Å². The molecule has 0 bridgehead atoms. The Morgan fingerprint density at radius 3 is 2.38 bits per heavy atom. The van der Waals surface area contributed by atoms with Crippen molar-refractivity contribution in [1.29, 1.82) is 0 Å². The van der Waals surface area contributed by atoms with Crippen LogP contribution in [-0.2, 0) is 0 Å². The van der Waals surface area contributed by atoms with Crippen molar-refractivity contribution < 1.29 is 17.9 Å². The van der Waals surface area contributed by atoms with E-state index in [2.05, 4.69) is 25.0 Å². The molecule has 200 valence electrons. The SMILES string of the molecule is FC(F)(F)Oc1ccc(-n2cnc(-c3ccc(C=NN=C4SCCCN4c4c(Cl)cccc4Cl)cc3)n2)cc1. The van der Waals surface area contributed by atoms with Crippen molar-refractivity contribution in [2.24, 2.45) is 10.2 Å². The fourth-order valence-corrected chi connectivity index (χ4v) is 5.28. The molecule has 3 aromatic carbocycles. The first-order valence-corrected chi connectivity index (χ1v) is 13.3. The lowest BCUT2D eigenvalue weighted by Gasteiger charge is -2.30. The second-order valence-corrected chi connectivity index (χ2v) is 10.1. The topological polar surface area (TPSA) is 67.9 Å². The van der Waals surface area contributed by atoms with Gasteiger partial charge < -0.3 is 9.64 Å². The summed E-state index contributed by atoms with van der Waals surface area (Å²) in [5.74, 6) is 1.07. The van der Waals surface area contributed by atoms with Crippen molar-refractivity contribution in [2.75, 3.05) is 17.2 Å².